The molecule has 2 fully saturated rings. The van der Waals surface area contributed by atoms with Gasteiger partial charge in [0.25, 0.3) is 0 Å². The van der Waals surface area contributed by atoms with Crippen LogP contribution in [0, 0.1) is 0 Å². The van der Waals surface area contributed by atoms with Crippen molar-refractivity contribution in [3.8, 4) is 0 Å². The number of aromatic nitrogens is 3. The Morgan fingerprint density at radius 2 is 1.70 bits per heavy atom. The van der Waals surface area contributed by atoms with E-state index in [1.54, 1.807) is 0 Å². The first-order valence-corrected chi connectivity index (χ1v) is 8.09. The van der Waals surface area contributed by atoms with Crippen LogP contribution >= 0.6 is 11.6 Å². The minimum absolute atomic E-state index is 0.317. The summed E-state index contributed by atoms with van der Waals surface area (Å²) in [5.41, 5.74) is 0. The number of piperidine rings is 1. The average Bonchev–Trinajstić information content (AvgIpc) is 3.01. The zero-order valence-electron chi connectivity index (χ0n) is 12.1. The average molecular weight is 296 g/mol. The van der Waals surface area contributed by atoms with Crippen LogP contribution in [-0.2, 0) is 0 Å². The van der Waals surface area contributed by atoms with Gasteiger partial charge < -0.3 is 9.80 Å². The maximum Gasteiger partial charge on any atom is 0.231 e. The largest absolute Gasteiger partial charge is 0.341 e. The second-order valence-electron chi connectivity index (χ2n) is 5.65. The number of rotatable bonds is 3. The van der Waals surface area contributed by atoms with Gasteiger partial charge in [-0.05, 0) is 50.1 Å². The summed E-state index contributed by atoms with van der Waals surface area (Å²) in [5, 5.41) is 0.317. The fourth-order valence-corrected chi connectivity index (χ4v) is 3.36. The standard InChI is InChI=1S/C14H22ClN5/c1-2-11-7-3-4-10-20(11)14-17-12(15)16-13(18-14)19-8-5-6-9-19/h11H,2-10H2,1H3. The molecule has 0 amide bonds. The molecule has 3 rings (SSSR count). The summed E-state index contributed by atoms with van der Waals surface area (Å²) in [6.45, 7) is 5.30. The third-order valence-corrected chi connectivity index (χ3v) is 4.50. The van der Waals surface area contributed by atoms with Gasteiger partial charge in [-0.1, -0.05) is 6.92 Å². The van der Waals surface area contributed by atoms with Gasteiger partial charge >= 0.3 is 0 Å². The number of nitrogens with zero attached hydrogens (tertiary/aromatic N) is 5. The normalized spacial score (nSPS) is 23.4. The fourth-order valence-electron chi connectivity index (χ4n) is 3.20. The summed E-state index contributed by atoms with van der Waals surface area (Å²) < 4.78 is 0. The maximum absolute atomic E-state index is 6.12. The van der Waals surface area contributed by atoms with E-state index in [1.807, 2.05) is 0 Å². The van der Waals surface area contributed by atoms with E-state index in [-0.39, 0.29) is 0 Å². The zero-order valence-corrected chi connectivity index (χ0v) is 12.8. The molecule has 0 aromatic carbocycles. The summed E-state index contributed by atoms with van der Waals surface area (Å²) in [4.78, 5) is 17.9. The van der Waals surface area contributed by atoms with Gasteiger partial charge in [0.2, 0.25) is 17.2 Å². The van der Waals surface area contributed by atoms with E-state index in [1.165, 1.54) is 32.1 Å². The first kappa shape index (κ1) is 13.9. The van der Waals surface area contributed by atoms with Gasteiger partial charge in [0.05, 0.1) is 0 Å². The first-order chi connectivity index (χ1) is 9.78. The van der Waals surface area contributed by atoms with Crippen LogP contribution in [0.4, 0.5) is 11.9 Å². The molecule has 1 aromatic heterocycles. The van der Waals surface area contributed by atoms with Crippen molar-refractivity contribution >= 4 is 23.5 Å². The molecule has 2 aliphatic rings. The van der Waals surface area contributed by atoms with Crippen molar-refractivity contribution in [3.05, 3.63) is 5.28 Å². The predicted molar refractivity (Wildman–Crippen MR) is 81.6 cm³/mol. The molecule has 3 heterocycles. The number of halogens is 1. The molecule has 0 aliphatic carbocycles. The van der Waals surface area contributed by atoms with E-state index in [0.29, 0.717) is 11.3 Å². The molecule has 2 aliphatic heterocycles. The highest BCUT2D eigenvalue weighted by Crippen LogP contribution is 2.26. The molecular weight excluding hydrogens is 274 g/mol. The van der Waals surface area contributed by atoms with Crippen molar-refractivity contribution < 1.29 is 0 Å². The molecule has 20 heavy (non-hydrogen) atoms. The van der Waals surface area contributed by atoms with Gasteiger partial charge in [-0.3, -0.25) is 0 Å². The molecule has 0 bridgehead atoms. The van der Waals surface area contributed by atoms with Crippen LogP contribution in [-0.4, -0.2) is 40.6 Å². The molecule has 0 spiro atoms. The SMILES string of the molecule is CCC1CCCCN1c1nc(Cl)nc(N2CCCC2)n1. The Labute approximate surface area is 125 Å². The van der Waals surface area contributed by atoms with E-state index in [9.17, 15) is 0 Å². The highest BCUT2D eigenvalue weighted by molar-refractivity contribution is 6.28. The van der Waals surface area contributed by atoms with E-state index in [0.717, 1.165) is 38.0 Å². The molecule has 1 aromatic rings. The third-order valence-electron chi connectivity index (χ3n) is 4.33. The molecule has 1 unspecified atom stereocenters. The number of hydrogen-bond donors (Lipinski definition) is 0. The first-order valence-electron chi connectivity index (χ1n) is 7.71. The molecule has 110 valence electrons. The fraction of sp³-hybridized carbons (Fsp3) is 0.786. The van der Waals surface area contributed by atoms with Crippen LogP contribution < -0.4 is 9.80 Å². The Kier molecular flexibility index (Phi) is 4.24. The molecule has 6 heteroatoms. The summed E-state index contributed by atoms with van der Waals surface area (Å²) in [5.74, 6) is 1.51. The lowest BCUT2D eigenvalue weighted by molar-refractivity contribution is 0.442. The molecule has 0 saturated carbocycles. The monoisotopic (exact) mass is 295 g/mol. The van der Waals surface area contributed by atoms with Gasteiger partial charge in [-0.15, -0.1) is 0 Å². The minimum atomic E-state index is 0.317. The summed E-state index contributed by atoms with van der Waals surface area (Å²) in [6.07, 6.45) is 7.27. The molecule has 2 saturated heterocycles. The van der Waals surface area contributed by atoms with Crippen LogP contribution in [0.3, 0.4) is 0 Å². The highest BCUT2D eigenvalue weighted by Gasteiger charge is 2.25. The Balaban J connectivity index is 1.87. The molecular formula is C14H22ClN5. The summed E-state index contributed by atoms with van der Waals surface area (Å²) >= 11 is 6.12. The molecule has 1 atom stereocenters. The minimum Gasteiger partial charge on any atom is -0.341 e. The van der Waals surface area contributed by atoms with Crippen LogP contribution in [0.5, 0.6) is 0 Å². The van der Waals surface area contributed by atoms with Crippen LogP contribution in [0.1, 0.15) is 45.4 Å². The lowest BCUT2D eigenvalue weighted by Gasteiger charge is -2.35. The third kappa shape index (κ3) is 2.82. The van der Waals surface area contributed by atoms with E-state index in [4.69, 9.17) is 11.6 Å². The smallest absolute Gasteiger partial charge is 0.231 e. The van der Waals surface area contributed by atoms with E-state index < -0.39 is 0 Å². The van der Waals surface area contributed by atoms with Crippen molar-refractivity contribution in [2.45, 2.75) is 51.5 Å². The molecule has 0 N–H and O–H groups in total. The topological polar surface area (TPSA) is 45.2 Å². The lowest BCUT2D eigenvalue weighted by atomic mass is 10.0. The molecule has 5 nitrogen and oxygen atoms in total. The predicted octanol–water partition coefficient (Wildman–Crippen LogP) is 2.89. The Morgan fingerprint density at radius 1 is 1.00 bits per heavy atom. The van der Waals surface area contributed by atoms with Gasteiger partial charge in [0, 0.05) is 25.7 Å². The number of anilines is 2. The zero-order chi connectivity index (χ0) is 13.9. The van der Waals surface area contributed by atoms with Crippen molar-refractivity contribution in [3.63, 3.8) is 0 Å². The lowest BCUT2D eigenvalue weighted by Crippen LogP contribution is -2.40. The summed E-state index contributed by atoms with van der Waals surface area (Å²) in [7, 11) is 0. The van der Waals surface area contributed by atoms with Gasteiger partial charge in [-0.25, -0.2) is 0 Å². The van der Waals surface area contributed by atoms with Crippen LogP contribution in [0.25, 0.3) is 0 Å². The van der Waals surface area contributed by atoms with Gasteiger partial charge in [0.15, 0.2) is 0 Å². The van der Waals surface area contributed by atoms with Crippen molar-refractivity contribution in [1.82, 2.24) is 15.0 Å². The highest BCUT2D eigenvalue weighted by atomic mass is 35.5. The van der Waals surface area contributed by atoms with Crippen LogP contribution in [0.2, 0.25) is 5.28 Å². The van der Waals surface area contributed by atoms with Crippen molar-refractivity contribution in [1.29, 1.82) is 0 Å². The quantitative estimate of drug-likeness (QED) is 0.858. The van der Waals surface area contributed by atoms with E-state index in [2.05, 4.69) is 31.7 Å². The second-order valence-corrected chi connectivity index (χ2v) is 5.99. The summed E-state index contributed by atoms with van der Waals surface area (Å²) in [6, 6.07) is 0.536. The van der Waals surface area contributed by atoms with Crippen molar-refractivity contribution in [2.75, 3.05) is 29.4 Å². The van der Waals surface area contributed by atoms with E-state index >= 15 is 0 Å². The number of hydrogen-bond acceptors (Lipinski definition) is 5. The molecule has 0 radical (unpaired) electrons. The Morgan fingerprint density at radius 3 is 2.45 bits per heavy atom. The second kappa shape index (κ2) is 6.12. The van der Waals surface area contributed by atoms with Gasteiger partial charge in [0.1, 0.15) is 0 Å². The van der Waals surface area contributed by atoms with Crippen LogP contribution in [0.15, 0.2) is 0 Å². The van der Waals surface area contributed by atoms with Gasteiger partial charge in [-0.2, -0.15) is 15.0 Å². The Hall–Kier alpha value is -1.10. The maximum atomic E-state index is 6.12. The Bertz CT molecular complexity index is 461. The van der Waals surface area contributed by atoms with Crippen molar-refractivity contribution in [2.24, 2.45) is 0 Å².